The SMILES string of the molecule is NNC(=O)C(N)c1ccc(F)c(F)c1. The van der Waals surface area contributed by atoms with Crippen molar-refractivity contribution in [2.75, 3.05) is 0 Å². The van der Waals surface area contributed by atoms with Gasteiger partial charge in [-0.05, 0) is 17.7 Å². The number of nitrogens with two attached hydrogens (primary N) is 2. The standard InChI is InChI=1S/C8H9F2N3O/c9-5-2-1-4(3-6(5)10)7(11)8(14)13-12/h1-3,7H,11-12H2,(H,13,14). The Hall–Kier alpha value is -1.53. The lowest BCUT2D eigenvalue weighted by Gasteiger charge is -2.09. The van der Waals surface area contributed by atoms with Crippen LogP contribution in [-0.2, 0) is 4.79 Å². The lowest BCUT2D eigenvalue weighted by atomic mass is 10.1. The van der Waals surface area contributed by atoms with Gasteiger partial charge in [0, 0.05) is 0 Å². The molecule has 1 unspecified atom stereocenters. The average molecular weight is 201 g/mol. The van der Waals surface area contributed by atoms with Crippen LogP contribution in [0.1, 0.15) is 11.6 Å². The van der Waals surface area contributed by atoms with Crippen molar-refractivity contribution in [3.05, 3.63) is 35.4 Å². The van der Waals surface area contributed by atoms with Gasteiger partial charge in [-0.3, -0.25) is 10.2 Å². The van der Waals surface area contributed by atoms with Crippen molar-refractivity contribution in [1.82, 2.24) is 5.43 Å². The van der Waals surface area contributed by atoms with Gasteiger partial charge in [0.1, 0.15) is 6.04 Å². The first-order chi connectivity index (χ1) is 6.56. The number of rotatable bonds is 2. The molecule has 1 atom stereocenters. The quantitative estimate of drug-likeness (QED) is 0.356. The van der Waals surface area contributed by atoms with Crippen LogP contribution < -0.4 is 17.0 Å². The molecule has 0 aliphatic carbocycles. The van der Waals surface area contributed by atoms with Crippen LogP contribution in [0.15, 0.2) is 18.2 Å². The summed E-state index contributed by atoms with van der Waals surface area (Å²) in [6, 6.07) is 1.87. The molecule has 0 aliphatic rings. The van der Waals surface area contributed by atoms with Crippen molar-refractivity contribution in [3.63, 3.8) is 0 Å². The van der Waals surface area contributed by atoms with Crippen LogP contribution in [0.2, 0.25) is 0 Å². The maximum absolute atomic E-state index is 12.7. The second-order valence-corrected chi connectivity index (χ2v) is 2.66. The summed E-state index contributed by atoms with van der Waals surface area (Å²) in [5.41, 5.74) is 7.36. The Balaban J connectivity index is 2.96. The van der Waals surface area contributed by atoms with Crippen molar-refractivity contribution >= 4 is 5.91 Å². The molecule has 0 aromatic heterocycles. The van der Waals surface area contributed by atoms with Gasteiger partial charge in [0.25, 0.3) is 5.91 Å². The molecule has 6 heteroatoms. The molecule has 1 aromatic carbocycles. The summed E-state index contributed by atoms with van der Waals surface area (Å²) in [6.07, 6.45) is 0. The lowest BCUT2D eigenvalue weighted by Crippen LogP contribution is -2.38. The van der Waals surface area contributed by atoms with Crippen LogP contribution in [0.25, 0.3) is 0 Å². The van der Waals surface area contributed by atoms with E-state index in [-0.39, 0.29) is 5.56 Å². The van der Waals surface area contributed by atoms with Crippen LogP contribution in [0.3, 0.4) is 0 Å². The minimum Gasteiger partial charge on any atom is -0.316 e. The Kier molecular flexibility index (Phi) is 3.10. The number of halogens is 2. The Bertz CT molecular complexity index is 356. The predicted octanol–water partition coefficient (Wildman–Crippen LogP) is -0.0455. The molecule has 0 bridgehead atoms. The Labute approximate surface area is 78.9 Å². The minimum atomic E-state index is -1.10. The minimum absolute atomic E-state index is 0.159. The summed E-state index contributed by atoms with van der Waals surface area (Å²) in [6.45, 7) is 0. The normalized spacial score (nSPS) is 12.3. The number of hydrogen-bond acceptors (Lipinski definition) is 3. The Morgan fingerprint density at radius 1 is 1.36 bits per heavy atom. The van der Waals surface area contributed by atoms with E-state index < -0.39 is 23.6 Å². The van der Waals surface area contributed by atoms with Gasteiger partial charge < -0.3 is 5.73 Å². The highest BCUT2D eigenvalue weighted by atomic mass is 19.2. The molecule has 1 rings (SSSR count). The van der Waals surface area contributed by atoms with Gasteiger partial charge >= 0.3 is 0 Å². The summed E-state index contributed by atoms with van der Waals surface area (Å²) in [5, 5.41) is 0. The van der Waals surface area contributed by atoms with Gasteiger partial charge in [-0.1, -0.05) is 6.07 Å². The van der Waals surface area contributed by atoms with Crippen LogP contribution in [-0.4, -0.2) is 5.91 Å². The summed E-state index contributed by atoms with van der Waals surface area (Å²) in [7, 11) is 0. The summed E-state index contributed by atoms with van der Waals surface area (Å²) in [4.78, 5) is 10.9. The second-order valence-electron chi connectivity index (χ2n) is 2.66. The van der Waals surface area contributed by atoms with Crippen LogP contribution in [0, 0.1) is 11.6 Å². The molecular weight excluding hydrogens is 192 g/mol. The molecule has 1 aromatic rings. The molecule has 0 radical (unpaired) electrons. The number of hydrazine groups is 1. The van der Waals surface area contributed by atoms with E-state index in [1.54, 1.807) is 0 Å². The molecule has 5 N–H and O–H groups in total. The molecule has 0 saturated heterocycles. The lowest BCUT2D eigenvalue weighted by molar-refractivity contribution is -0.122. The van der Waals surface area contributed by atoms with Crippen LogP contribution in [0.5, 0.6) is 0 Å². The summed E-state index contributed by atoms with van der Waals surface area (Å²) < 4.78 is 25.2. The van der Waals surface area contributed by atoms with Crippen molar-refractivity contribution in [1.29, 1.82) is 0 Å². The third kappa shape index (κ3) is 2.04. The van der Waals surface area contributed by atoms with Crippen LogP contribution in [0.4, 0.5) is 8.78 Å². The number of amides is 1. The second kappa shape index (κ2) is 4.12. The van der Waals surface area contributed by atoms with E-state index in [0.29, 0.717) is 0 Å². The maximum Gasteiger partial charge on any atom is 0.255 e. The third-order valence-electron chi connectivity index (χ3n) is 1.73. The molecule has 1 amide bonds. The molecule has 14 heavy (non-hydrogen) atoms. The predicted molar refractivity (Wildman–Crippen MR) is 45.6 cm³/mol. The fourth-order valence-corrected chi connectivity index (χ4v) is 0.947. The number of carbonyl (C=O) groups excluding carboxylic acids is 1. The average Bonchev–Trinajstić information content (AvgIpc) is 2.20. The molecule has 0 spiro atoms. The topological polar surface area (TPSA) is 81.1 Å². The number of benzene rings is 1. The zero-order chi connectivity index (χ0) is 10.7. The van der Waals surface area contributed by atoms with Gasteiger partial charge in [0.15, 0.2) is 11.6 Å². The molecule has 0 heterocycles. The third-order valence-corrected chi connectivity index (χ3v) is 1.73. The van der Waals surface area contributed by atoms with Gasteiger partial charge in [0.05, 0.1) is 0 Å². The van der Waals surface area contributed by atoms with E-state index in [2.05, 4.69) is 0 Å². The van der Waals surface area contributed by atoms with Crippen molar-refractivity contribution < 1.29 is 13.6 Å². The molecule has 4 nitrogen and oxygen atoms in total. The highest BCUT2D eigenvalue weighted by Gasteiger charge is 2.15. The summed E-state index contributed by atoms with van der Waals surface area (Å²) in [5.74, 6) is 2.12. The zero-order valence-corrected chi connectivity index (χ0v) is 7.13. The van der Waals surface area contributed by atoms with E-state index in [1.807, 2.05) is 5.43 Å². The molecule has 0 aliphatic heterocycles. The number of carbonyl (C=O) groups is 1. The molecule has 0 fully saturated rings. The van der Waals surface area contributed by atoms with Gasteiger partial charge in [0.2, 0.25) is 0 Å². The van der Waals surface area contributed by atoms with Gasteiger partial charge in [-0.2, -0.15) is 0 Å². The van der Waals surface area contributed by atoms with Crippen molar-refractivity contribution in [2.24, 2.45) is 11.6 Å². The van der Waals surface area contributed by atoms with E-state index in [1.165, 1.54) is 6.07 Å². The maximum atomic E-state index is 12.7. The first kappa shape index (κ1) is 10.6. The highest BCUT2D eigenvalue weighted by Crippen LogP contribution is 2.14. The molecular formula is C8H9F2N3O. The van der Waals surface area contributed by atoms with Crippen LogP contribution >= 0.6 is 0 Å². The first-order valence-corrected chi connectivity index (χ1v) is 3.77. The first-order valence-electron chi connectivity index (χ1n) is 3.77. The van der Waals surface area contributed by atoms with Gasteiger partial charge in [-0.25, -0.2) is 14.6 Å². The monoisotopic (exact) mass is 201 g/mol. The fourth-order valence-electron chi connectivity index (χ4n) is 0.947. The van der Waals surface area contributed by atoms with E-state index in [4.69, 9.17) is 11.6 Å². The summed E-state index contributed by atoms with van der Waals surface area (Å²) >= 11 is 0. The van der Waals surface area contributed by atoms with Crippen molar-refractivity contribution in [2.45, 2.75) is 6.04 Å². The van der Waals surface area contributed by atoms with E-state index >= 15 is 0 Å². The largest absolute Gasteiger partial charge is 0.316 e. The molecule has 0 saturated carbocycles. The van der Waals surface area contributed by atoms with Crippen molar-refractivity contribution in [3.8, 4) is 0 Å². The fraction of sp³-hybridized carbons (Fsp3) is 0.125. The van der Waals surface area contributed by atoms with Gasteiger partial charge in [-0.15, -0.1) is 0 Å². The Morgan fingerprint density at radius 3 is 2.50 bits per heavy atom. The number of nitrogens with one attached hydrogen (secondary N) is 1. The van der Waals surface area contributed by atoms with E-state index in [9.17, 15) is 13.6 Å². The Morgan fingerprint density at radius 2 is 2.00 bits per heavy atom. The zero-order valence-electron chi connectivity index (χ0n) is 7.13. The van der Waals surface area contributed by atoms with E-state index in [0.717, 1.165) is 12.1 Å². The number of hydrogen-bond donors (Lipinski definition) is 3. The smallest absolute Gasteiger partial charge is 0.255 e. The molecule has 76 valence electrons. The highest BCUT2D eigenvalue weighted by molar-refractivity contribution is 5.82.